The Morgan fingerprint density at radius 1 is 0.893 bits per heavy atom. The fourth-order valence-electron chi connectivity index (χ4n) is 3.17. The minimum Gasteiger partial charge on any atom is -0.355 e. The summed E-state index contributed by atoms with van der Waals surface area (Å²) in [5.41, 5.74) is 2.15. The number of carbonyl (C=O) groups is 1. The molecule has 1 saturated heterocycles. The first-order valence-electron chi connectivity index (χ1n) is 9.13. The number of nitrogens with one attached hydrogen (secondary N) is 1. The van der Waals surface area contributed by atoms with Crippen LogP contribution in [0.25, 0.3) is 0 Å². The van der Waals surface area contributed by atoms with Gasteiger partial charge in [0.05, 0.1) is 0 Å². The van der Waals surface area contributed by atoms with Gasteiger partial charge < -0.3 is 15.1 Å². The maximum atomic E-state index is 12.9. The number of anilines is 3. The third kappa shape index (κ3) is 4.23. The highest BCUT2D eigenvalue weighted by Gasteiger charge is 2.23. The molecule has 4 rings (SSSR count). The van der Waals surface area contributed by atoms with E-state index in [2.05, 4.69) is 20.2 Å². The van der Waals surface area contributed by atoms with E-state index in [1.807, 2.05) is 53.4 Å². The van der Waals surface area contributed by atoms with E-state index in [0.717, 1.165) is 30.3 Å². The zero-order chi connectivity index (χ0) is 19.3. The molecule has 0 bridgehead atoms. The van der Waals surface area contributed by atoms with Crippen molar-refractivity contribution in [3.8, 4) is 0 Å². The molecule has 0 atom stereocenters. The van der Waals surface area contributed by atoms with Crippen molar-refractivity contribution in [1.29, 1.82) is 0 Å². The monoisotopic (exact) mass is 393 g/mol. The molecule has 0 saturated carbocycles. The first kappa shape index (κ1) is 18.3. The maximum Gasteiger partial charge on any atom is 0.272 e. The Balaban J connectivity index is 1.40. The van der Waals surface area contributed by atoms with Crippen molar-refractivity contribution < 1.29 is 4.79 Å². The van der Waals surface area contributed by atoms with Gasteiger partial charge in [-0.1, -0.05) is 17.7 Å². The van der Waals surface area contributed by atoms with Gasteiger partial charge in [0.1, 0.15) is 11.5 Å². The van der Waals surface area contributed by atoms with E-state index < -0.39 is 0 Å². The number of pyridine rings is 2. The molecule has 0 radical (unpaired) electrons. The van der Waals surface area contributed by atoms with Gasteiger partial charge in [-0.05, 0) is 48.5 Å². The predicted octanol–water partition coefficient (Wildman–Crippen LogP) is 3.84. The number of hydrogen-bond acceptors (Lipinski definition) is 5. The van der Waals surface area contributed by atoms with Gasteiger partial charge in [-0.2, -0.15) is 0 Å². The van der Waals surface area contributed by atoms with Crippen molar-refractivity contribution in [2.24, 2.45) is 0 Å². The van der Waals surface area contributed by atoms with Crippen LogP contribution < -0.4 is 10.2 Å². The molecular weight excluding hydrogens is 374 g/mol. The summed E-state index contributed by atoms with van der Waals surface area (Å²) in [5, 5.41) is 3.95. The number of carbonyl (C=O) groups excluding carboxylic acids is 1. The second-order valence-corrected chi connectivity index (χ2v) is 6.97. The third-order valence-corrected chi connectivity index (χ3v) is 4.90. The van der Waals surface area contributed by atoms with Crippen LogP contribution in [0.5, 0.6) is 0 Å². The van der Waals surface area contributed by atoms with Crippen LogP contribution in [0, 0.1) is 0 Å². The smallest absolute Gasteiger partial charge is 0.272 e. The number of hydrogen-bond donors (Lipinski definition) is 1. The van der Waals surface area contributed by atoms with Gasteiger partial charge in [-0.15, -0.1) is 0 Å². The molecular formula is C21H20ClN5O. The van der Waals surface area contributed by atoms with Crippen LogP contribution in [0.2, 0.25) is 5.02 Å². The second kappa shape index (κ2) is 8.27. The van der Waals surface area contributed by atoms with E-state index >= 15 is 0 Å². The van der Waals surface area contributed by atoms with Crippen molar-refractivity contribution in [3.05, 3.63) is 77.7 Å². The Bertz CT molecular complexity index is 941. The minimum atomic E-state index is -0.0552. The summed E-state index contributed by atoms with van der Waals surface area (Å²) in [6.07, 6.45) is 3.44. The van der Waals surface area contributed by atoms with Crippen LogP contribution in [0.4, 0.5) is 17.2 Å². The van der Waals surface area contributed by atoms with Gasteiger partial charge in [-0.3, -0.25) is 9.78 Å². The topological polar surface area (TPSA) is 61.4 Å². The van der Waals surface area contributed by atoms with Gasteiger partial charge in [0, 0.05) is 55.0 Å². The lowest BCUT2D eigenvalue weighted by molar-refractivity contribution is 0.0740. The van der Waals surface area contributed by atoms with Crippen molar-refractivity contribution in [3.63, 3.8) is 0 Å². The quantitative estimate of drug-likeness (QED) is 0.729. The van der Waals surface area contributed by atoms with Gasteiger partial charge in [0.2, 0.25) is 0 Å². The first-order chi connectivity index (χ1) is 13.7. The molecule has 1 fully saturated rings. The van der Waals surface area contributed by atoms with Crippen LogP contribution in [0.1, 0.15) is 10.5 Å². The number of piperazine rings is 1. The average Bonchev–Trinajstić information content (AvgIpc) is 2.76. The van der Waals surface area contributed by atoms with E-state index in [9.17, 15) is 4.79 Å². The molecule has 1 N–H and O–H groups in total. The molecule has 1 aliphatic heterocycles. The van der Waals surface area contributed by atoms with Crippen LogP contribution in [-0.2, 0) is 0 Å². The molecule has 0 aliphatic carbocycles. The van der Waals surface area contributed by atoms with E-state index in [1.54, 1.807) is 18.5 Å². The second-order valence-electron chi connectivity index (χ2n) is 6.53. The Morgan fingerprint density at radius 2 is 1.68 bits per heavy atom. The van der Waals surface area contributed by atoms with Crippen LogP contribution in [-0.4, -0.2) is 47.0 Å². The Hall–Kier alpha value is -3.12. The predicted molar refractivity (Wildman–Crippen MR) is 111 cm³/mol. The van der Waals surface area contributed by atoms with Crippen LogP contribution in [0.15, 0.2) is 67.0 Å². The zero-order valence-electron chi connectivity index (χ0n) is 15.3. The number of rotatable bonds is 4. The van der Waals surface area contributed by atoms with E-state index in [1.165, 1.54) is 0 Å². The minimum absolute atomic E-state index is 0.0552. The summed E-state index contributed by atoms with van der Waals surface area (Å²) in [7, 11) is 0. The normalized spacial score (nSPS) is 14.0. The molecule has 3 heterocycles. The van der Waals surface area contributed by atoms with Crippen LogP contribution >= 0.6 is 11.6 Å². The zero-order valence-corrected chi connectivity index (χ0v) is 16.0. The number of nitrogens with zero attached hydrogens (tertiary/aromatic N) is 4. The van der Waals surface area contributed by atoms with E-state index in [-0.39, 0.29) is 5.91 Å². The summed E-state index contributed by atoms with van der Waals surface area (Å²) < 4.78 is 0. The highest BCUT2D eigenvalue weighted by Crippen LogP contribution is 2.20. The lowest BCUT2D eigenvalue weighted by Gasteiger charge is -2.35. The molecule has 3 aromatic rings. The maximum absolute atomic E-state index is 12.9. The SMILES string of the molecule is O=C(c1cc(Nc2ccc(Cl)cc2)ccn1)N1CCN(c2ccccn2)CC1. The van der Waals surface area contributed by atoms with Crippen molar-refractivity contribution in [2.75, 3.05) is 36.4 Å². The molecule has 2 aromatic heterocycles. The lowest BCUT2D eigenvalue weighted by Crippen LogP contribution is -2.49. The van der Waals surface area contributed by atoms with Gasteiger partial charge >= 0.3 is 0 Å². The number of aromatic nitrogens is 2. The van der Waals surface area contributed by atoms with E-state index in [4.69, 9.17) is 11.6 Å². The summed E-state index contributed by atoms with van der Waals surface area (Å²) in [6, 6.07) is 16.9. The van der Waals surface area contributed by atoms with Gasteiger partial charge in [0.15, 0.2) is 0 Å². The molecule has 0 unspecified atom stereocenters. The van der Waals surface area contributed by atoms with Crippen LogP contribution in [0.3, 0.4) is 0 Å². The van der Waals surface area contributed by atoms with Crippen molar-refractivity contribution in [2.45, 2.75) is 0 Å². The molecule has 0 spiro atoms. The largest absolute Gasteiger partial charge is 0.355 e. The Labute approximate surface area is 168 Å². The molecule has 7 heteroatoms. The number of amides is 1. The number of halogens is 1. The van der Waals surface area contributed by atoms with Crippen molar-refractivity contribution >= 4 is 34.7 Å². The summed E-state index contributed by atoms with van der Waals surface area (Å²) in [4.78, 5) is 25.6. The van der Waals surface area contributed by atoms with E-state index in [0.29, 0.717) is 23.8 Å². The fourth-order valence-corrected chi connectivity index (χ4v) is 3.29. The third-order valence-electron chi connectivity index (χ3n) is 4.65. The molecule has 1 amide bonds. The molecule has 142 valence electrons. The van der Waals surface area contributed by atoms with Gasteiger partial charge in [-0.25, -0.2) is 4.98 Å². The first-order valence-corrected chi connectivity index (χ1v) is 9.51. The number of benzene rings is 1. The Morgan fingerprint density at radius 3 is 2.39 bits per heavy atom. The summed E-state index contributed by atoms with van der Waals surface area (Å²) >= 11 is 5.92. The molecule has 1 aliphatic rings. The molecule has 6 nitrogen and oxygen atoms in total. The summed E-state index contributed by atoms with van der Waals surface area (Å²) in [6.45, 7) is 2.80. The standard InChI is InChI=1S/C21H20ClN5O/c22-16-4-6-17(7-5-16)25-18-8-10-23-19(15-18)21(28)27-13-11-26(12-14-27)20-3-1-2-9-24-20/h1-10,15H,11-14H2,(H,23,25). The molecule has 1 aromatic carbocycles. The van der Waals surface area contributed by atoms with Crippen molar-refractivity contribution in [1.82, 2.24) is 14.9 Å². The molecule has 28 heavy (non-hydrogen) atoms. The Kier molecular flexibility index (Phi) is 5.39. The average molecular weight is 394 g/mol. The summed E-state index contributed by atoms with van der Waals surface area (Å²) in [5.74, 6) is 0.891. The highest BCUT2D eigenvalue weighted by atomic mass is 35.5. The highest BCUT2D eigenvalue weighted by molar-refractivity contribution is 6.30. The van der Waals surface area contributed by atoms with Gasteiger partial charge in [0.25, 0.3) is 5.91 Å². The lowest BCUT2D eigenvalue weighted by atomic mass is 10.2. The fraction of sp³-hybridized carbons (Fsp3) is 0.190.